The second-order valence-corrected chi connectivity index (χ2v) is 7.01. The Labute approximate surface area is 118 Å². The zero-order valence-corrected chi connectivity index (χ0v) is 12.1. The van der Waals surface area contributed by atoms with E-state index in [0.717, 1.165) is 6.26 Å². The van der Waals surface area contributed by atoms with Crippen molar-refractivity contribution >= 4 is 15.7 Å². The van der Waals surface area contributed by atoms with Crippen LogP contribution >= 0.6 is 0 Å². The maximum absolute atomic E-state index is 12.3. The number of carbonyl (C=O) groups is 1. The first-order valence-corrected chi connectivity index (χ1v) is 8.30. The van der Waals surface area contributed by atoms with Gasteiger partial charge in [0.2, 0.25) is 0 Å². The minimum atomic E-state index is -3.32. The molecule has 1 aromatic rings. The van der Waals surface area contributed by atoms with E-state index in [1.165, 1.54) is 12.1 Å². The van der Waals surface area contributed by atoms with Crippen LogP contribution in [-0.4, -0.2) is 38.6 Å². The lowest BCUT2D eigenvalue weighted by Gasteiger charge is -2.29. The van der Waals surface area contributed by atoms with Gasteiger partial charge < -0.3 is 4.90 Å². The highest BCUT2D eigenvalue weighted by molar-refractivity contribution is 7.90. The molecule has 0 unspecified atom stereocenters. The summed E-state index contributed by atoms with van der Waals surface area (Å²) in [6.07, 6.45) is 2.47. The summed E-state index contributed by atoms with van der Waals surface area (Å²) < 4.78 is 23.0. The van der Waals surface area contributed by atoms with E-state index in [4.69, 9.17) is 5.26 Å². The third-order valence-corrected chi connectivity index (χ3v) is 4.58. The van der Waals surface area contributed by atoms with Crippen molar-refractivity contribution in [3.8, 4) is 6.07 Å². The highest BCUT2D eigenvalue weighted by atomic mass is 32.2. The van der Waals surface area contributed by atoms with Gasteiger partial charge in [-0.15, -0.1) is 0 Å². The number of carbonyl (C=O) groups excluding carboxylic acids is 1. The first-order valence-electron chi connectivity index (χ1n) is 6.41. The Hall–Kier alpha value is -1.87. The summed E-state index contributed by atoms with van der Waals surface area (Å²) in [6.45, 7) is 1.08. The van der Waals surface area contributed by atoms with Crippen molar-refractivity contribution in [1.82, 2.24) is 4.90 Å². The van der Waals surface area contributed by atoms with E-state index in [9.17, 15) is 13.2 Å². The van der Waals surface area contributed by atoms with Crippen LogP contribution in [0.15, 0.2) is 29.2 Å². The molecule has 0 aromatic heterocycles. The Morgan fingerprint density at radius 3 is 2.55 bits per heavy atom. The van der Waals surface area contributed by atoms with Crippen LogP contribution in [0, 0.1) is 17.2 Å². The molecular weight excluding hydrogens is 276 g/mol. The lowest BCUT2D eigenvalue weighted by Crippen LogP contribution is -2.38. The molecule has 1 fully saturated rings. The van der Waals surface area contributed by atoms with E-state index < -0.39 is 9.84 Å². The molecule has 0 aliphatic carbocycles. The molecule has 0 N–H and O–H groups in total. The second kappa shape index (κ2) is 5.63. The molecule has 1 aliphatic heterocycles. The fourth-order valence-electron chi connectivity index (χ4n) is 2.25. The number of hydrogen-bond acceptors (Lipinski definition) is 4. The quantitative estimate of drug-likeness (QED) is 0.827. The maximum Gasteiger partial charge on any atom is 0.253 e. The van der Waals surface area contributed by atoms with Crippen molar-refractivity contribution in [3.05, 3.63) is 29.8 Å². The minimum Gasteiger partial charge on any atom is -0.339 e. The predicted octanol–water partition coefficient (Wildman–Crippen LogP) is 1.47. The van der Waals surface area contributed by atoms with Crippen molar-refractivity contribution < 1.29 is 13.2 Å². The first-order chi connectivity index (χ1) is 9.41. The lowest BCUT2D eigenvalue weighted by atomic mass is 9.98. The molecule has 1 heterocycles. The molecular formula is C14H16N2O3S. The van der Waals surface area contributed by atoms with Gasteiger partial charge in [0.15, 0.2) is 9.84 Å². The molecule has 0 saturated carbocycles. The molecule has 20 heavy (non-hydrogen) atoms. The molecule has 6 heteroatoms. The summed E-state index contributed by atoms with van der Waals surface area (Å²) in [5.41, 5.74) is 0.378. The Kier molecular flexibility index (Phi) is 4.09. The standard InChI is InChI=1S/C14H16N2O3S/c1-20(18,19)13-4-2-3-12(9-13)14(17)16-7-5-11(10-15)6-8-16/h2-4,9,11H,5-8H2,1H3. The van der Waals surface area contributed by atoms with Gasteiger partial charge in [-0.05, 0) is 31.0 Å². The van der Waals surface area contributed by atoms with E-state index in [1.807, 2.05) is 0 Å². The first kappa shape index (κ1) is 14.5. The Bertz CT molecular complexity index is 653. The summed E-state index contributed by atoms with van der Waals surface area (Å²) in [5, 5.41) is 8.84. The Balaban J connectivity index is 2.17. The average Bonchev–Trinajstić information content (AvgIpc) is 2.46. The Morgan fingerprint density at radius 1 is 1.35 bits per heavy atom. The van der Waals surface area contributed by atoms with Crippen LogP contribution in [0.1, 0.15) is 23.2 Å². The van der Waals surface area contributed by atoms with E-state index in [1.54, 1.807) is 17.0 Å². The zero-order valence-electron chi connectivity index (χ0n) is 11.2. The third-order valence-electron chi connectivity index (χ3n) is 3.47. The summed E-state index contributed by atoms with van der Waals surface area (Å²) >= 11 is 0. The number of likely N-dealkylation sites (tertiary alicyclic amines) is 1. The summed E-state index contributed by atoms with van der Waals surface area (Å²) in [7, 11) is -3.32. The van der Waals surface area contributed by atoms with Crippen molar-refractivity contribution in [2.24, 2.45) is 5.92 Å². The number of amides is 1. The normalized spacial score (nSPS) is 16.7. The summed E-state index contributed by atoms with van der Waals surface area (Å²) in [6, 6.07) is 8.30. The topological polar surface area (TPSA) is 78.2 Å². The predicted molar refractivity (Wildman–Crippen MR) is 73.8 cm³/mol. The molecule has 1 amide bonds. The summed E-state index contributed by atoms with van der Waals surface area (Å²) in [4.78, 5) is 14.1. The SMILES string of the molecule is CS(=O)(=O)c1cccc(C(=O)N2CCC(C#N)CC2)c1. The van der Waals surface area contributed by atoms with Crippen LogP contribution in [0.5, 0.6) is 0 Å². The van der Waals surface area contributed by atoms with Gasteiger partial charge in [-0.1, -0.05) is 6.07 Å². The number of nitrogens with zero attached hydrogens (tertiary/aromatic N) is 2. The fraction of sp³-hybridized carbons (Fsp3) is 0.429. The monoisotopic (exact) mass is 292 g/mol. The summed E-state index contributed by atoms with van der Waals surface area (Å²) in [5.74, 6) is -0.159. The number of piperidine rings is 1. The number of hydrogen-bond donors (Lipinski definition) is 0. The van der Waals surface area contributed by atoms with E-state index in [0.29, 0.717) is 31.5 Å². The van der Waals surface area contributed by atoms with Crippen LogP contribution in [0.25, 0.3) is 0 Å². The number of rotatable bonds is 2. The van der Waals surface area contributed by atoms with Gasteiger partial charge in [0.25, 0.3) is 5.91 Å². The highest BCUT2D eigenvalue weighted by Gasteiger charge is 2.23. The maximum atomic E-state index is 12.3. The molecule has 106 valence electrons. The fourth-order valence-corrected chi connectivity index (χ4v) is 2.92. The second-order valence-electron chi connectivity index (χ2n) is 5.00. The highest BCUT2D eigenvalue weighted by Crippen LogP contribution is 2.19. The Morgan fingerprint density at radius 2 is 2.00 bits per heavy atom. The average molecular weight is 292 g/mol. The molecule has 1 saturated heterocycles. The van der Waals surface area contributed by atoms with E-state index in [-0.39, 0.29) is 16.7 Å². The molecule has 0 spiro atoms. The number of benzene rings is 1. The molecule has 0 radical (unpaired) electrons. The molecule has 1 aromatic carbocycles. The minimum absolute atomic E-state index is 0.0152. The van der Waals surface area contributed by atoms with Crippen LogP contribution in [-0.2, 0) is 9.84 Å². The molecule has 0 atom stereocenters. The van der Waals surface area contributed by atoms with Crippen LogP contribution < -0.4 is 0 Å². The van der Waals surface area contributed by atoms with Crippen molar-refractivity contribution in [2.45, 2.75) is 17.7 Å². The van der Waals surface area contributed by atoms with Crippen molar-refractivity contribution in [2.75, 3.05) is 19.3 Å². The number of sulfone groups is 1. The lowest BCUT2D eigenvalue weighted by molar-refractivity contribution is 0.0707. The molecule has 2 rings (SSSR count). The van der Waals surface area contributed by atoms with Crippen LogP contribution in [0.3, 0.4) is 0 Å². The van der Waals surface area contributed by atoms with Gasteiger partial charge in [-0.2, -0.15) is 5.26 Å². The van der Waals surface area contributed by atoms with Gasteiger partial charge in [0, 0.05) is 30.8 Å². The van der Waals surface area contributed by atoms with Gasteiger partial charge in [-0.3, -0.25) is 4.79 Å². The van der Waals surface area contributed by atoms with Gasteiger partial charge >= 0.3 is 0 Å². The van der Waals surface area contributed by atoms with E-state index >= 15 is 0 Å². The molecule has 5 nitrogen and oxygen atoms in total. The van der Waals surface area contributed by atoms with Gasteiger partial charge in [-0.25, -0.2) is 8.42 Å². The third kappa shape index (κ3) is 3.17. The van der Waals surface area contributed by atoms with Gasteiger partial charge in [0.05, 0.1) is 11.0 Å². The van der Waals surface area contributed by atoms with Crippen molar-refractivity contribution in [1.29, 1.82) is 5.26 Å². The number of nitriles is 1. The van der Waals surface area contributed by atoms with Crippen molar-refractivity contribution in [3.63, 3.8) is 0 Å². The van der Waals surface area contributed by atoms with Gasteiger partial charge in [0.1, 0.15) is 0 Å². The van der Waals surface area contributed by atoms with Crippen LogP contribution in [0.2, 0.25) is 0 Å². The van der Waals surface area contributed by atoms with Crippen LogP contribution in [0.4, 0.5) is 0 Å². The van der Waals surface area contributed by atoms with E-state index in [2.05, 4.69) is 6.07 Å². The molecule has 0 bridgehead atoms. The smallest absolute Gasteiger partial charge is 0.253 e. The molecule has 1 aliphatic rings. The largest absolute Gasteiger partial charge is 0.339 e. The zero-order chi connectivity index (χ0) is 14.8.